The predicted octanol–water partition coefficient (Wildman–Crippen LogP) is 4.41. The third kappa shape index (κ3) is 3.51. The third-order valence-electron chi connectivity index (χ3n) is 5.61. The largest absolute Gasteiger partial charge is 0.477 e. The summed E-state index contributed by atoms with van der Waals surface area (Å²) in [5, 5.41) is 14.0. The minimum absolute atomic E-state index is 0.0478. The Labute approximate surface area is 190 Å². The Morgan fingerprint density at radius 2 is 1.91 bits per heavy atom. The zero-order valence-corrected chi connectivity index (χ0v) is 18.3. The Morgan fingerprint density at radius 3 is 2.64 bits per heavy atom. The molecule has 0 aliphatic carbocycles. The van der Waals surface area contributed by atoms with Crippen LogP contribution in [0.2, 0.25) is 0 Å². The highest BCUT2D eigenvalue weighted by Crippen LogP contribution is 2.29. The summed E-state index contributed by atoms with van der Waals surface area (Å²) in [5.41, 5.74) is 5.50. The second-order valence-electron chi connectivity index (χ2n) is 7.97. The van der Waals surface area contributed by atoms with Gasteiger partial charge in [0.05, 0.1) is 17.6 Å². The Bertz CT molecular complexity index is 1520. The molecule has 4 heterocycles. The van der Waals surface area contributed by atoms with Gasteiger partial charge >= 0.3 is 5.97 Å². The summed E-state index contributed by atoms with van der Waals surface area (Å²) < 4.78 is 3.52. The molecule has 0 aliphatic rings. The van der Waals surface area contributed by atoms with Crippen LogP contribution in [0.15, 0.2) is 73.7 Å². The molecule has 0 saturated heterocycles. The molecule has 8 nitrogen and oxygen atoms in total. The van der Waals surface area contributed by atoms with Crippen molar-refractivity contribution in [3.05, 3.63) is 90.4 Å². The van der Waals surface area contributed by atoms with Crippen LogP contribution in [0.4, 0.5) is 5.82 Å². The Balaban J connectivity index is 1.72. The highest BCUT2D eigenvalue weighted by molar-refractivity contribution is 5.95. The molecule has 5 aromatic rings. The molecule has 1 aromatic carbocycles. The quantitative estimate of drug-likeness (QED) is 0.422. The van der Waals surface area contributed by atoms with Crippen molar-refractivity contribution in [2.75, 3.05) is 11.9 Å². The lowest BCUT2D eigenvalue weighted by molar-refractivity contribution is 0.0698. The number of hydrogen-bond acceptors (Lipinski definition) is 5. The number of carbonyl (C=O) groups is 1. The lowest BCUT2D eigenvalue weighted by atomic mass is 10.1. The molecule has 33 heavy (non-hydrogen) atoms. The Kier molecular flexibility index (Phi) is 4.90. The molecule has 164 valence electrons. The lowest BCUT2D eigenvalue weighted by Crippen LogP contribution is -2.20. The number of carboxylic acids is 1. The SMILES string of the molecule is C=C(C)c1ccc(-c2cc(N(C)Cc3ccccc3)n3ncc(C(=O)O)c3n2)n2ccnc12. The molecule has 0 radical (unpaired) electrons. The van der Waals surface area contributed by atoms with Crippen molar-refractivity contribution in [1.29, 1.82) is 0 Å². The van der Waals surface area contributed by atoms with Gasteiger partial charge in [-0.3, -0.25) is 4.40 Å². The number of fused-ring (bicyclic) bond motifs is 2. The van der Waals surface area contributed by atoms with Gasteiger partial charge in [-0.05, 0) is 30.2 Å². The summed E-state index contributed by atoms with van der Waals surface area (Å²) in [6.45, 7) is 6.61. The molecule has 0 bridgehead atoms. The van der Waals surface area contributed by atoms with Gasteiger partial charge in [-0.2, -0.15) is 9.61 Å². The summed E-state index contributed by atoms with van der Waals surface area (Å²) in [6.07, 6.45) is 4.93. The van der Waals surface area contributed by atoms with Crippen LogP contribution in [-0.2, 0) is 6.54 Å². The summed E-state index contributed by atoms with van der Waals surface area (Å²) in [5.74, 6) is -0.347. The molecule has 5 rings (SSSR count). The van der Waals surface area contributed by atoms with Crippen molar-refractivity contribution < 1.29 is 9.90 Å². The van der Waals surface area contributed by atoms with E-state index in [1.807, 2.05) is 78.0 Å². The Morgan fingerprint density at radius 1 is 1.12 bits per heavy atom. The van der Waals surface area contributed by atoms with Gasteiger partial charge < -0.3 is 10.0 Å². The zero-order chi connectivity index (χ0) is 23.1. The molecule has 0 fully saturated rings. The number of hydrogen-bond donors (Lipinski definition) is 1. The van der Waals surface area contributed by atoms with E-state index in [-0.39, 0.29) is 11.2 Å². The first kappa shape index (κ1) is 20.4. The fraction of sp³-hybridized carbons (Fsp3) is 0.120. The van der Waals surface area contributed by atoms with Gasteiger partial charge in [0, 0.05) is 37.6 Å². The fourth-order valence-electron chi connectivity index (χ4n) is 4.00. The number of aromatic carboxylic acids is 1. The van der Waals surface area contributed by atoms with E-state index >= 15 is 0 Å². The van der Waals surface area contributed by atoms with Crippen LogP contribution in [0, 0.1) is 0 Å². The zero-order valence-electron chi connectivity index (χ0n) is 18.3. The molecule has 4 aromatic heterocycles. The van der Waals surface area contributed by atoms with E-state index < -0.39 is 5.97 Å². The van der Waals surface area contributed by atoms with E-state index in [1.165, 1.54) is 6.20 Å². The first-order valence-electron chi connectivity index (χ1n) is 10.4. The van der Waals surface area contributed by atoms with Gasteiger partial charge in [-0.1, -0.05) is 36.9 Å². The minimum atomic E-state index is -1.07. The lowest BCUT2D eigenvalue weighted by Gasteiger charge is -2.21. The average molecular weight is 438 g/mol. The fourth-order valence-corrected chi connectivity index (χ4v) is 4.00. The molecule has 0 atom stereocenters. The number of anilines is 1. The van der Waals surface area contributed by atoms with E-state index in [1.54, 1.807) is 10.7 Å². The molecule has 8 heteroatoms. The molecular weight excluding hydrogens is 416 g/mol. The minimum Gasteiger partial charge on any atom is -0.477 e. The number of benzene rings is 1. The third-order valence-corrected chi connectivity index (χ3v) is 5.61. The number of aromatic nitrogens is 5. The van der Waals surface area contributed by atoms with Crippen LogP contribution in [-0.4, -0.2) is 42.1 Å². The van der Waals surface area contributed by atoms with Gasteiger partial charge in [-0.15, -0.1) is 0 Å². The van der Waals surface area contributed by atoms with E-state index in [0.717, 1.165) is 33.9 Å². The Hall–Kier alpha value is -4.46. The van der Waals surface area contributed by atoms with Gasteiger partial charge in [0.2, 0.25) is 0 Å². The van der Waals surface area contributed by atoms with Gasteiger partial charge in [0.15, 0.2) is 5.65 Å². The summed E-state index contributed by atoms with van der Waals surface area (Å²) >= 11 is 0. The van der Waals surface area contributed by atoms with Crippen molar-refractivity contribution in [2.24, 2.45) is 0 Å². The standard InChI is InChI=1S/C25H22N6O2/c1-16(2)18-9-10-21(30-12-11-26-23(18)30)20-13-22(29(3)15-17-7-5-4-6-8-17)31-24(28-20)19(14-27-31)25(32)33/h4-14H,1,15H2,2-3H3,(H,32,33). The molecule has 0 spiro atoms. The van der Waals surface area contributed by atoms with Crippen molar-refractivity contribution in [3.8, 4) is 11.4 Å². The van der Waals surface area contributed by atoms with Crippen molar-refractivity contribution in [1.82, 2.24) is 24.0 Å². The van der Waals surface area contributed by atoms with Gasteiger partial charge in [-0.25, -0.2) is 14.8 Å². The van der Waals surface area contributed by atoms with Crippen LogP contribution in [0.3, 0.4) is 0 Å². The number of rotatable bonds is 6. The second kappa shape index (κ2) is 7.90. The molecule has 0 amide bonds. The maximum atomic E-state index is 11.9. The monoisotopic (exact) mass is 438 g/mol. The second-order valence-corrected chi connectivity index (χ2v) is 7.97. The summed E-state index contributed by atoms with van der Waals surface area (Å²) in [6, 6.07) is 15.9. The van der Waals surface area contributed by atoms with Gasteiger partial charge in [0.25, 0.3) is 0 Å². The molecule has 0 saturated carbocycles. The molecular formula is C25H22N6O2. The molecule has 1 N–H and O–H groups in total. The number of carboxylic acid groups (broad SMARTS) is 1. The van der Waals surface area contributed by atoms with Crippen LogP contribution >= 0.6 is 0 Å². The van der Waals surface area contributed by atoms with E-state index in [9.17, 15) is 9.90 Å². The van der Waals surface area contributed by atoms with E-state index in [2.05, 4.69) is 16.7 Å². The first-order valence-corrected chi connectivity index (χ1v) is 10.4. The maximum absolute atomic E-state index is 11.9. The van der Waals surface area contributed by atoms with E-state index in [4.69, 9.17) is 4.98 Å². The topological polar surface area (TPSA) is 88.0 Å². The highest BCUT2D eigenvalue weighted by atomic mass is 16.4. The number of allylic oxidation sites excluding steroid dienone is 1. The van der Waals surface area contributed by atoms with Crippen molar-refractivity contribution in [3.63, 3.8) is 0 Å². The normalized spacial score (nSPS) is 11.2. The number of pyridine rings is 1. The average Bonchev–Trinajstić information content (AvgIpc) is 3.45. The van der Waals surface area contributed by atoms with Crippen LogP contribution in [0.25, 0.3) is 28.3 Å². The predicted molar refractivity (Wildman–Crippen MR) is 127 cm³/mol. The highest BCUT2D eigenvalue weighted by Gasteiger charge is 2.20. The van der Waals surface area contributed by atoms with E-state index in [0.29, 0.717) is 12.2 Å². The van der Waals surface area contributed by atoms with Crippen molar-refractivity contribution >= 4 is 28.7 Å². The smallest absolute Gasteiger partial charge is 0.341 e. The number of imidazole rings is 1. The molecule has 0 unspecified atom stereocenters. The summed E-state index contributed by atoms with van der Waals surface area (Å²) in [4.78, 5) is 23.1. The van der Waals surface area contributed by atoms with Crippen LogP contribution < -0.4 is 4.90 Å². The first-order chi connectivity index (χ1) is 15.9. The van der Waals surface area contributed by atoms with Crippen LogP contribution in [0.5, 0.6) is 0 Å². The molecule has 0 aliphatic heterocycles. The number of nitrogens with zero attached hydrogens (tertiary/aromatic N) is 6. The summed E-state index contributed by atoms with van der Waals surface area (Å²) in [7, 11) is 1.95. The maximum Gasteiger partial charge on any atom is 0.341 e. The van der Waals surface area contributed by atoms with Gasteiger partial charge in [0.1, 0.15) is 17.0 Å². The van der Waals surface area contributed by atoms with Crippen molar-refractivity contribution in [2.45, 2.75) is 13.5 Å². The van der Waals surface area contributed by atoms with Crippen LogP contribution in [0.1, 0.15) is 28.4 Å².